The summed E-state index contributed by atoms with van der Waals surface area (Å²) in [7, 11) is 0. The zero-order valence-corrected chi connectivity index (χ0v) is 16.1. The molecule has 7 fully saturated rings. The molecule has 4 heteroatoms. The van der Waals surface area contributed by atoms with Gasteiger partial charge in [-0.2, -0.15) is 0 Å². The molecule has 0 radical (unpaired) electrons. The fraction of sp³-hybridized carbons (Fsp3) is 0.909. The fourth-order valence-corrected chi connectivity index (χ4v) is 10.0. The molecule has 11 atom stereocenters. The van der Waals surface area contributed by atoms with Crippen LogP contribution in [0.5, 0.6) is 0 Å². The molecule has 4 nitrogen and oxygen atoms in total. The molecular weight excluding hydrogens is 326 g/mol. The molecule has 2 spiro atoms. The number of piperidine rings is 1. The van der Waals surface area contributed by atoms with Gasteiger partial charge in [-0.25, -0.2) is 0 Å². The number of aliphatic hydroxyl groups excluding tert-OH is 3. The Morgan fingerprint density at radius 3 is 2.69 bits per heavy atom. The van der Waals surface area contributed by atoms with Crippen LogP contribution in [0.25, 0.3) is 0 Å². The first kappa shape index (κ1) is 16.5. The average Bonchev–Trinajstić information content (AvgIpc) is 3.06. The van der Waals surface area contributed by atoms with E-state index in [1.54, 1.807) is 0 Å². The summed E-state index contributed by atoms with van der Waals surface area (Å²) >= 11 is 0. The van der Waals surface area contributed by atoms with E-state index in [2.05, 4.69) is 25.3 Å². The van der Waals surface area contributed by atoms with Crippen molar-refractivity contribution in [1.29, 1.82) is 0 Å². The molecular formula is C22H33NO3. The minimum Gasteiger partial charge on any atom is -0.392 e. The second-order valence-electron chi connectivity index (χ2n) is 10.8. The molecule has 0 amide bonds. The maximum Gasteiger partial charge on any atom is 0.0814 e. The van der Waals surface area contributed by atoms with Crippen LogP contribution >= 0.6 is 0 Å². The number of aliphatic hydroxyl groups is 3. The first-order chi connectivity index (χ1) is 12.3. The quantitative estimate of drug-likeness (QED) is 0.625. The second kappa shape index (κ2) is 4.59. The molecule has 6 aliphatic carbocycles. The molecule has 1 heterocycles. The Bertz CT molecular complexity index is 695. The Kier molecular flexibility index (Phi) is 2.92. The summed E-state index contributed by atoms with van der Waals surface area (Å²) in [6.07, 6.45) is 3.73. The lowest BCUT2D eigenvalue weighted by molar-refractivity contribution is -0.256. The highest BCUT2D eigenvalue weighted by atomic mass is 16.3. The van der Waals surface area contributed by atoms with Crippen molar-refractivity contribution >= 4 is 0 Å². The largest absolute Gasteiger partial charge is 0.392 e. The van der Waals surface area contributed by atoms with Crippen molar-refractivity contribution < 1.29 is 15.3 Å². The third-order valence-electron chi connectivity index (χ3n) is 10.5. The summed E-state index contributed by atoms with van der Waals surface area (Å²) in [4.78, 5) is 2.62. The van der Waals surface area contributed by atoms with Crippen LogP contribution in [0, 0.1) is 39.9 Å². The molecule has 7 rings (SSSR count). The lowest BCUT2D eigenvalue weighted by atomic mass is 9.38. The Balaban J connectivity index is 1.63. The number of hydrogen-bond donors (Lipinski definition) is 3. The van der Waals surface area contributed by atoms with E-state index >= 15 is 0 Å². The highest BCUT2D eigenvalue weighted by molar-refractivity contribution is 5.39. The van der Waals surface area contributed by atoms with E-state index in [9.17, 15) is 15.3 Å². The molecule has 26 heavy (non-hydrogen) atoms. The minimum atomic E-state index is -0.500. The van der Waals surface area contributed by atoms with Crippen molar-refractivity contribution in [3.63, 3.8) is 0 Å². The SMILES string of the molecule is C=C1[C@H]2CC[C@]3([C@@H]1O)[C@H]1C[C@@H]4[C@@]5(C)CC[C@H](O)[C@@]4([C@H]1N(CC)C5)[C@H]3[C@H]2O. The molecule has 0 aromatic carbocycles. The van der Waals surface area contributed by atoms with E-state index in [0.717, 1.165) is 50.8 Å². The summed E-state index contributed by atoms with van der Waals surface area (Å²) < 4.78 is 0. The number of fused-ring (bicyclic) bond motifs is 2. The zero-order chi connectivity index (χ0) is 18.2. The van der Waals surface area contributed by atoms with E-state index in [0.29, 0.717) is 17.9 Å². The molecule has 144 valence electrons. The van der Waals surface area contributed by atoms with Gasteiger partial charge in [-0.15, -0.1) is 0 Å². The van der Waals surface area contributed by atoms with Gasteiger partial charge in [0, 0.05) is 35.3 Å². The summed E-state index contributed by atoms with van der Waals surface area (Å²) in [5.41, 5.74) is 0.616. The Morgan fingerprint density at radius 2 is 1.96 bits per heavy atom. The summed E-state index contributed by atoms with van der Waals surface area (Å²) in [6.45, 7) is 11.0. The second-order valence-corrected chi connectivity index (χ2v) is 10.8. The smallest absolute Gasteiger partial charge is 0.0814 e. The molecule has 1 saturated heterocycles. The predicted molar refractivity (Wildman–Crippen MR) is 98.2 cm³/mol. The van der Waals surface area contributed by atoms with Gasteiger partial charge in [0.1, 0.15) is 0 Å². The van der Waals surface area contributed by atoms with Gasteiger partial charge in [0.2, 0.25) is 0 Å². The maximum atomic E-state index is 11.5. The van der Waals surface area contributed by atoms with Crippen molar-refractivity contribution in [3.8, 4) is 0 Å². The monoisotopic (exact) mass is 359 g/mol. The van der Waals surface area contributed by atoms with Crippen LogP contribution in [-0.2, 0) is 0 Å². The van der Waals surface area contributed by atoms with Crippen LogP contribution in [0.2, 0.25) is 0 Å². The predicted octanol–water partition coefficient (Wildman–Crippen LogP) is 1.79. The summed E-state index contributed by atoms with van der Waals surface area (Å²) in [6, 6.07) is 0.319. The minimum absolute atomic E-state index is 0.0155. The average molecular weight is 360 g/mol. The third-order valence-corrected chi connectivity index (χ3v) is 10.5. The Hall–Kier alpha value is -0.420. The van der Waals surface area contributed by atoms with Gasteiger partial charge in [-0.05, 0) is 61.5 Å². The lowest BCUT2D eigenvalue weighted by Crippen LogP contribution is -2.72. The topological polar surface area (TPSA) is 63.9 Å². The van der Waals surface area contributed by atoms with Crippen LogP contribution in [-0.4, -0.2) is 57.7 Å². The van der Waals surface area contributed by atoms with Gasteiger partial charge < -0.3 is 15.3 Å². The van der Waals surface area contributed by atoms with Gasteiger partial charge in [0.05, 0.1) is 18.3 Å². The Labute approximate surface area is 156 Å². The summed E-state index contributed by atoms with van der Waals surface area (Å²) in [5.74, 6) is 0.921. The van der Waals surface area contributed by atoms with Gasteiger partial charge in [-0.3, -0.25) is 4.90 Å². The highest BCUT2D eigenvalue weighted by Crippen LogP contribution is 2.83. The first-order valence-corrected chi connectivity index (χ1v) is 10.8. The molecule has 0 unspecified atom stereocenters. The first-order valence-electron chi connectivity index (χ1n) is 10.8. The van der Waals surface area contributed by atoms with Crippen LogP contribution in [0.1, 0.15) is 46.0 Å². The van der Waals surface area contributed by atoms with Crippen molar-refractivity contribution in [2.24, 2.45) is 39.9 Å². The van der Waals surface area contributed by atoms with Gasteiger partial charge in [0.15, 0.2) is 0 Å². The van der Waals surface area contributed by atoms with Crippen LogP contribution in [0.4, 0.5) is 0 Å². The normalized spacial score (nSPS) is 65.5. The third kappa shape index (κ3) is 1.34. The van der Waals surface area contributed by atoms with Crippen LogP contribution in [0.3, 0.4) is 0 Å². The summed E-state index contributed by atoms with van der Waals surface area (Å²) in [5, 5.41) is 34.4. The van der Waals surface area contributed by atoms with Crippen molar-refractivity contribution in [2.45, 2.75) is 70.3 Å². The van der Waals surface area contributed by atoms with Gasteiger partial charge >= 0.3 is 0 Å². The van der Waals surface area contributed by atoms with E-state index in [4.69, 9.17) is 0 Å². The number of hydrogen-bond acceptors (Lipinski definition) is 4. The van der Waals surface area contributed by atoms with Crippen molar-refractivity contribution in [3.05, 3.63) is 12.2 Å². The molecule has 7 aliphatic rings. The zero-order valence-electron chi connectivity index (χ0n) is 16.1. The van der Waals surface area contributed by atoms with E-state index < -0.39 is 12.2 Å². The molecule has 0 aromatic heterocycles. The van der Waals surface area contributed by atoms with E-state index in [1.807, 2.05) is 0 Å². The molecule has 0 aromatic rings. The van der Waals surface area contributed by atoms with Crippen LogP contribution < -0.4 is 0 Å². The van der Waals surface area contributed by atoms with Crippen molar-refractivity contribution in [2.75, 3.05) is 13.1 Å². The van der Waals surface area contributed by atoms with E-state index in [-0.39, 0.29) is 34.2 Å². The highest BCUT2D eigenvalue weighted by Gasteiger charge is 2.86. The fourth-order valence-electron chi connectivity index (χ4n) is 10.0. The number of likely N-dealkylation sites (tertiary alicyclic amines) is 1. The number of rotatable bonds is 1. The van der Waals surface area contributed by atoms with Gasteiger partial charge in [-0.1, -0.05) is 20.4 Å². The lowest BCUT2D eigenvalue weighted by Gasteiger charge is -2.69. The van der Waals surface area contributed by atoms with Crippen molar-refractivity contribution in [1.82, 2.24) is 4.90 Å². The number of nitrogens with zero attached hydrogens (tertiary/aromatic N) is 1. The maximum absolute atomic E-state index is 11.5. The van der Waals surface area contributed by atoms with E-state index in [1.165, 1.54) is 0 Å². The molecule has 1 aliphatic heterocycles. The molecule has 3 N–H and O–H groups in total. The van der Waals surface area contributed by atoms with Crippen LogP contribution in [0.15, 0.2) is 12.2 Å². The standard InChI is InChI=1S/C22H33NO3/c1-4-23-10-20(3)7-6-15(24)22-14(20)9-13(18(22)23)21-8-5-12(11(2)19(21)26)16(25)17(21)22/h12-19,24-26H,2,4-10H2,1,3H3/t12-,13+,14-,15+,16+,17+,18+,19-,20+,21+,22-/m1/s1. The molecule has 7 bridgehead atoms. The Morgan fingerprint density at radius 1 is 1.19 bits per heavy atom. The molecule has 6 saturated carbocycles. The van der Waals surface area contributed by atoms with Gasteiger partial charge in [0.25, 0.3) is 0 Å².